The first kappa shape index (κ1) is 17.4. The molecule has 1 aliphatic rings. The molecule has 0 atom stereocenters. The number of pyridine rings is 1. The van der Waals surface area contributed by atoms with Gasteiger partial charge < -0.3 is 10.1 Å². The molecule has 0 saturated heterocycles. The largest absolute Gasteiger partial charge is 0.377 e. The lowest BCUT2D eigenvalue weighted by molar-refractivity contribution is 0.0955. The summed E-state index contributed by atoms with van der Waals surface area (Å²) in [6, 6.07) is 17.9. The third-order valence-electron chi connectivity index (χ3n) is 4.87. The highest BCUT2D eigenvalue weighted by atomic mass is 16.5. The average molecular weight is 358 g/mol. The van der Waals surface area contributed by atoms with E-state index in [9.17, 15) is 4.79 Å². The third-order valence-corrected chi connectivity index (χ3v) is 4.87. The lowest BCUT2D eigenvalue weighted by Crippen LogP contribution is -2.26. The first-order chi connectivity index (χ1) is 13.3. The van der Waals surface area contributed by atoms with Gasteiger partial charge in [-0.05, 0) is 46.5 Å². The van der Waals surface area contributed by atoms with Gasteiger partial charge in [0.2, 0.25) is 0 Å². The molecule has 2 aromatic carbocycles. The highest BCUT2D eigenvalue weighted by Crippen LogP contribution is 2.30. The molecule has 0 saturated carbocycles. The van der Waals surface area contributed by atoms with Gasteiger partial charge in [0.1, 0.15) is 0 Å². The van der Waals surface area contributed by atoms with Crippen molar-refractivity contribution >= 4 is 22.3 Å². The van der Waals surface area contributed by atoms with E-state index in [0.29, 0.717) is 18.7 Å². The van der Waals surface area contributed by atoms with Crippen molar-refractivity contribution in [2.24, 2.45) is 0 Å². The number of nitrogens with one attached hydrogen (secondary N) is 1. The number of hydrogen-bond donors (Lipinski definition) is 1. The van der Waals surface area contributed by atoms with Gasteiger partial charge in [0, 0.05) is 30.4 Å². The van der Waals surface area contributed by atoms with Gasteiger partial charge >= 0.3 is 0 Å². The molecule has 4 heteroatoms. The Kier molecular flexibility index (Phi) is 5.26. The van der Waals surface area contributed by atoms with Gasteiger partial charge in [-0.25, -0.2) is 0 Å². The van der Waals surface area contributed by atoms with E-state index in [1.54, 1.807) is 6.20 Å². The molecule has 0 unspecified atom stereocenters. The lowest BCUT2D eigenvalue weighted by atomic mass is 9.93. The second-order valence-electron chi connectivity index (χ2n) is 6.59. The minimum Gasteiger partial charge on any atom is -0.377 e. The molecule has 1 aromatic heterocycles. The van der Waals surface area contributed by atoms with Gasteiger partial charge in [0.25, 0.3) is 5.91 Å². The van der Waals surface area contributed by atoms with Crippen LogP contribution in [0.3, 0.4) is 0 Å². The number of benzene rings is 2. The van der Waals surface area contributed by atoms with Gasteiger partial charge in [0.05, 0.1) is 13.2 Å². The molecule has 0 bridgehead atoms. The average Bonchev–Trinajstić information content (AvgIpc) is 2.74. The molecule has 4 nitrogen and oxygen atoms in total. The van der Waals surface area contributed by atoms with E-state index in [2.05, 4.69) is 28.5 Å². The van der Waals surface area contributed by atoms with Crippen LogP contribution < -0.4 is 5.32 Å². The second kappa shape index (κ2) is 8.14. The molecule has 4 rings (SSSR count). The number of amides is 1. The highest BCUT2D eigenvalue weighted by molar-refractivity contribution is 6.09. The Morgan fingerprint density at radius 2 is 1.93 bits per heavy atom. The van der Waals surface area contributed by atoms with Crippen LogP contribution >= 0.6 is 0 Å². The Bertz CT molecular complexity index is 980. The van der Waals surface area contributed by atoms with Crippen LogP contribution in [0.15, 0.2) is 66.9 Å². The molecule has 1 aliphatic heterocycles. The van der Waals surface area contributed by atoms with Crippen molar-refractivity contribution in [3.05, 3.63) is 83.7 Å². The Balaban J connectivity index is 1.56. The number of rotatable bonds is 5. The Morgan fingerprint density at radius 3 is 2.74 bits per heavy atom. The number of ether oxygens (including phenoxy) is 1. The summed E-state index contributed by atoms with van der Waals surface area (Å²) in [6.07, 6.45) is 5.53. The summed E-state index contributed by atoms with van der Waals surface area (Å²) >= 11 is 0. The Morgan fingerprint density at radius 1 is 1.04 bits per heavy atom. The molecular weight excluding hydrogens is 336 g/mol. The van der Waals surface area contributed by atoms with Crippen molar-refractivity contribution in [3.63, 3.8) is 0 Å². The molecular formula is C23H22N2O2. The van der Waals surface area contributed by atoms with Gasteiger partial charge in [-0.15, -0.1) is 0 Å². The van der Waals surface area contributed by atoms with Crippen LogP contribution in [-0.4, -0.2) is 30.6 Å². The minimum atomic E-state index is -0.0466. The van der Waals surface area contributed by atoms with Crippen LogP contribution in [0.25, 0.3) is 16.3 Å². The standard InChI is InChI=1S/C23H22N2O2/c26-23(25-14-10-18-5-1-2-13-24-18)22-9-4-7-20-19(6-3-8-21(20)22)17-11-15-27-16-12-17/h1-9,11,13H,10,12,14-16H2,(H,25,26). The molecule has 0 aliphatic carbocycles. The van der Waals surface area contributed by atoms with Crippen LogP contribution in [0.5, 0.6) is 0 Å². The molecule has 0 spiro atoms. The SMILES string of the molecule is O=C(NCCc1ccccn1)c1cccc2c(C3=CCOCC3)cccc12. The van der Waals surface area contributed by atoms with Crippen molar-refractivity contribution in [3.8, 4) is 0 Å². The molecule has 2 heterocycles. The van der Waals surface area contributed by atoms with Crippen molar-refractivity contribution < 1.29 is 9.53 Å². The second-order valence-corrected chi connectivity index (χ2v) is 6.59. The van der Waals surface area contributed by atoms with Crippen LogP contribution in [0, 0.1) is 0 Å². The van der Waals surface area contributed by atoms with Crippen LogP contribution in [0.1, 0.15) is 28.0 Å². The van der Waals surface area contributed by atoms with Crippen molar-refractivity contribution in [2.75, 3.05) is 19.8 Å². The fourth-order valence-electron chi connectivity index (χ4n) is 3.50. The zero-order chi connectivity index (χ0) is 18.5. The summed E-state index contributed by atoms with van der Waals surface area (Å²) in [5, 5.41) is 5.12. The van der Waals surface area contributed by atoms with E-state index in [1.165, 1.54) is 11.1 Å². The molecule has 27 heavy (non-hydrogen) atoms. The maximum atomic E-state index is 12.8. The number of fused-ring (bicyclic) bond motifs is 1. The van der Waals surface area contributed by atoms with Gasteiger partial charge in [-0.3, -0.25) is 9.78 Å². The Hall–Kier alpha value is -2.98. The summed E-state index contributed by atoms with van der Waals surface area (Å²) in [6.45, 7) is 1.96. The summed E-state index contributed by atoms with van der Waals surface area (Å²) in [4.78, 5) is 17.1. The Labute approximate surface area is 158 Å². The molecule has 0 fully saturated rings. The van der Waals surface area contributed by atoms with E-state index in [1.807, 2.05) is 42.5 Å². The van der Waals surface area contributed by atoms with E-state index in [0.717, 1.165) is 35.9 Å². The summed E-state index contributed by atoms with van der Waals surface area (Å²) < 4.78 is 5.43. The van der Waals surface area contributed by atoms with Crippen molar-refractivity contribution in [1.82, 2.24) is 10.3 Å². The normalized spacial score (nSPS) is 14.0. The number of carbonyl (C=O) groups is 1. The number of carbonyl (C=O) groups excluding carboxylic acids is 1. The lowest BCUT2D eigenvalue weighted by Gasteiger charge is -2.16. The van der Waals surface area contributed by atoms with Crippen LogP contribution in [0.2, 0.25) is 0 Å². The summed E-state index contributed by atoms with van der Waals surface area (Å²) in [5.74, 6) is -0.0466. The van der Waals surface area contributed by atoms with Crippen LogP contribution in [-0.2, 0) is 11.2 Å². The maximum absolute atomic E-state index is 12.8. The zero-order valence-electron chi connectivity index (χ0n) is 15.2. The first-order valence-electron chi connectivity index (χ1n) is 9.30. The van der Waals surface area contributed by atoms with Gasteiger partial charge in [-0.2, -0.15) is 0 Å². The molecule has 3 aromatic rings. The minimum absolute atomic E-state index is 0.0466. The highest BCUT2D eigenvalue weighted by Gasteiger charge is 2.14. The van der Waals surface area contributed by atoms with Gasteiger partial charge in [-0.1, -0.05) is 42.5 Å². The molecule has 0 radical (unpaired) electrons. The van der Waals surface area contributed by atoms with E-state index in [-0.39, 0.29) is 5.91 Å². The fraction of sp³-hybridized carbons (Fsp3) is 0.217. The molecule has 1 N–H and O–H groups in total. The van der Waals surface area contributed by atoms with E-state index in [4.69, 9.17) is 4.74 Å². The maximum Gasteiger partial charge on any atom is 0.251 e. The van der Waals surface area contributed by atoms with Gasteiger partial charge in [0.15, 0.2) is 0 Å². The fourth-order valence-corrected chi connectivity index (χ4v) is 3.50. The van der Waals surface area contributed by atoms with Crippen LogP contribution in [0.4, 0.5) is 0 Å². The molecule has 136 valence electrons. The van der Waals surface area contributed by atoms with Crippen molar-refractivity contribution in [1.29, 1.82) is 0 Å². The smallest absolute Gasteiger partial charge is 0.251 e. The van der Waals surface area contributed by atoms with Crippen molar-refractivity contribution in [2.45, 2.75) is 12.8 Å². The predicted molar refractivity (Wildman–Crippen MR) is 108 cm³/mol. The monoisotopic (exact) mass is 358 g/mol. The topological polar surface area (TPSA) is 51.2 Å². The predicted octanol–water partition coefficient (Wildman–Crippen LogP) is 4.01. The zero-order valence-corrected chi connectivity index (χ0v) is 15.2. The number of aromatic nitrogens is 1. The number of nitrogens with zero attached hydrogens (tertiary/aromatic N) is 1. The summed E-state index contributed by atoms with van der Waals surface area (Å²) in [7, 11) is 0. The summed E-state index contributed by atoms with van der Waals surface area (Å²) in [5.41, 5.74) is 4.17. The quantitative estimate of drug-likeness (QED) is 0.750. The van der Waals surface area contributed by atoms with E-state index < -0.39 is 0 Å². The molecule has 1 amide bonds. The first-order valence-corrected chi connectivity index (χ1v) is 9.30. The third kappa shape index (κ3) is 3.91. The van der Waals surface area contributed by atoms with E-state index >= 15 is 0 Å². The number of hydrogen-bond acceptors (Lipinski definition) is 3.